The van der Waals surface area contributed by atoms with E-state index in [0.29, 0.717) is 5.02 Å². The maximum Gasteiger partial charge on any atom is 0.673 e. The van der Waals surface area contributed by atoms with Crippen molar-refractivity contribution in [1.29, 1.82) is 0 Å². The van der Waals surface area contributed by atoms with Gasteiger partial charge in [-0.15, -0.1) is 0 Å². The molecule has 0 radical (unpaired) electrons. The minimum Gasteiger partial charge on any atom is -0.456 e. The highest BCUT2D eigenvalue weighted by Crippen LogP contribution is 2.23. The van der Waals surface area contributed by atoms with Crippen LogP contribution in [-0.2, 0) is 0 Å². The van der Waals surface area contributed by atoms with Crippen LogP contribution in [0, 0.1) is 13.8 Å². The summed E-state index contributed by atoms with van der Waals surface area (Å²) in [5.74, 6) is 0.812. The Morgan fingerprint density at radius 2 is 1.48 bits per heavy atom. The van der Waals surface area contributed by atoms with Gasteiger partial charge in [0.05, 0.1) is 11.5 Å². The van der Waals surface area contributed by atoms with Crippen LogP contribution in [0.1, 0.15) is 11.1 Å². The highest BCUT2D eigenvalue weighted by Gasteiger charge is 2.20. The molecule has 1 aromatic heterocycles. The lowest BCUT2D eigenvalue weighted by Crippen LogP contribution is -2.70. The second-order valence-electron chi connectivity index (χ2n) is 6.95. The molecule has 1 heterocycles. The molecule has 4 rings (SSSR count). The minimum absolute atomic E-state index is 0.684. The fraction of sp³-hybridized carbons (Fsp3) is 0.0870. The van der Waals surface area contributed by atoms with Crippen molar-refractivity contribution in [3.8, 4) is 11.3 Å². The van der Waals surface area contributed by atoms with Crippen molar-refractivity contribution < 1.29 is 26.7 Å². The number of hydrogen-bond acceptors (Lipinski definition) is 1. The summed E-state index contributed by atoms with van der Waals surface area (Å²) in [7, 11) is -6.00. The van der Waals surface area contributed by atoms with Crippen LogP contribution in [0.3, 0.4) is 0 Å². The Morgan fingerprint density at radius 1 is 0.806 bits per heavy atom. The average molecular weight is 448 g/mol. The number of benzene rings is 3. The van der Waals surface area contributed by atoms with Crippen LogP contribution in [0.5, 0.6) is 0 Å². The Bertz CT molecular complexity index is 1260. The van der Waals surface area contributed by atoms with Gasteiger partial charge in [-0.1, -0.05) is 48.0 Å². The van der Waals surface area contributed by atoms with Crippen LogP contribution in [0.25, 0.3) is 22.3 Å². The quantitative estimate of drug-likeness (QED) is 0.297. The van der Waals surface area contributed by atoms with Crippen molar-refractivity contribution in [2.45, 2.75) is 13.8 Å². The summed E-state index contributed by atoms with van der Waals surface area (Å²) in [4.78, 5) is 3.53. The van der Waals surface area contributed by atoms with Gasteiger partial charge in [0.2, 0.25) is 11.0 Å². The Hall–Kier alpha value is -3.06. The van der Waals surface area contributed by atoms with Crippen LogP contribution < -0.4 is 10.3 Å². The van der Waals surface area contributed by atoms with Gasteiger partial charge in [-0.2, -0.15) is 0 Å². The summed E-state index contributed by atoms with van der Waals surface area (Å²) in [6.45, 7) is 4.23. The second-order valence-corrected chi connectivity index (χ2v) is 7.39. The molecule has 4 aromatic rings. The molecule has 0 aliphatic rings. The molecular formula is C23H19BClF4NO. The van der Waals surface area contributed by atoms with E-state index in [2.05, 4.69) is 37.0 Å². The standard InChI is InChI=1S/C23H18ClNO.BF4/c1-15-8-10-19(12-16(15)2)25-21-14-23(17-6-4-3-5-7-17)26-22-11-9-18(24)13-20(21)22;2-1(3,4)5/h3-14H,1-2H3;/q;-1/p+1. The van der Waals surface area contributed by atoms with Gasteiger partial charge in [0.25, 0.3) is 0 Å². The number of fused-ring (bicyclic) bond motifs is 1. The first-order chi connectivity index (χ1) is 14.6. The molecule has 31 heavy (non-hydrogen) atoms. The van der Waals surface area contributed by atoms with Crippen molar-refractivity contribution in [2.75, 3.05) is 0 Å². The van der Waals surface area contributed by atoms with E-state index in [1.807, 2.05) is 54.6 Å². The highest BCUT2D eigenvalue weighted by molar-refractivity contribution is 6.50. The second kappa shape index (κ2) is 9.39. The molecule has 0 atom stereocenters. The average Bonchev–Trinajstić information content (AvgIpc) is 2.70. The minimum atomic E-state index is -6.00. The third-order valence-electron chi connectivity index (χ3n) is 4.57. The molecule has 8 heteroatoms. The van der Waals surface area contributed by atoms with Crippen LogP contribution in [0.2, 0.25) is 5.02 Å². The predicted octanol–water partition coefficient (Wildman–Crippen LogP) is 5.98. The number of rotatable bonds is 2. The molecule has 0 aliphatic carbocycles. The van der Waals surface area contributed by atoms with Crippen molar-refractivity contribution >= 4 is 35.5 Å². The zero-order chi connectivity index (χ0) is 22.6. The smallest absolute Gasteiger partial charge is 0.456 e. The van der Waals surface area contributed by atoms with Crippen molar-refractivity contribution in [3.05, 3.63) is 94.3 Å². The topological polar surface area (TPSA) is 27.1 Å². The third kappa shape index (κ3) is 6.46. The van der Waals surface area contributed by atoms with E-state index >= 15 is 0 Å². The molecule has 0 amide bonds. The maximum atomic E-state index is 9.75. The molecule has 0 bridgehead atoms. The number of nitrogens with one attached hydrogen (secondary N) is 1. The Morgan fingerprint density at radius 3 is 2.13 bits per heavy atom. The molecule has 3 aromatic carbocycles. The monoisotopic (exact) mass is 447 g/mol. The summed E-state index contributed by atoms with van der Waals surface area (Å²) in [5, 5.41) is 2.61. The van der Waals surface area contributed by atoms with Gasteiger partial charge in [-0.3, -0.25) is 0 Å². The first-order valence-electron chi connectivity index (χ1n) is 9.43. The van der Waals surface area contributed by atoms with Crippen molar-refractivity contribution in [2.24, 2.45) is 0 Å². The van der Waals surface area contributed by atoms with Crippen LogP contribution in [0.4, 0.5) is 23.0 Å². The zero-order valence-corrected chi connectivity index (χ0v) is 17.6. The van der Waals surface area contributed by atoms with E-state index in [1.54, 1.807) is 0 Å². The van der Waals surface area contributed by atoms with E-state index in [9.17, 15) is 17.3 Å². The molecule has 0 fully saturated rings. The molecule has 160 valence electrons. The highest BCUT2D eigenvalue weighted by atomic mass is 35.5. The Balaban J connectivity index is 0.000000491. The van der Waals surface area contributed by atoms with Crippen molar-refractivity contribution in [3.63, 3.8) is 0 Å². The van der Waals surface area contributed by atoms with E-state index in [0.717, 1.165) is 33.3 Å². The van der Waals surface area contributed by atoms with Gasteiger partial charge in [0.15, 0.2) is 0 Å². The molecule has 2 nitrogen and oxygen atoms in total. The number of halogens is 5. The van der Waals surface area contributed by atoms with E-state index in [-0.39, 0.29) is 0 Å². The summed E-state index contributed by atoms with van der Waals surface area (Å²) in [6.07, 6.45) is 0. The molecule has 1 N–H and O–H groups in total. The molecular weight excluding hydrogens is 429 g/mol. The van der Waals surface area contributed by atoms with Gasteiger partial charge in [0.1, 0.15) is 11.3 Å². The Labute approximate surface area is 181 Å². The summed E-state index contributed by atoms with van der Waals surface area (Å²) in [5.41, 5.74) is 5.40. The molecule has 0 unspecified atom stereocenters. The van der Waals surface area contributed by atoms with Crippen LogP contribution >= 0.6 is 11.6 Å². The lowest BCUT2D eigenvalue weighted by molar-refractivity contribution is -0.400. The SMILES string of the molecule is Cc1ccc([NH+]=c2cc(-c3ccccc3)oc3ccc(Cl)cc23)cc1C.F[B-](F)(F)F. The van der Waals surface area contributed by atoms with Crippen LogP contribution in [-0.4, -0.2) is 7.25 Å². The van der Waals surface area contributed by atoms with Gasteiger partial charge in [-0.25, -0.2) is 4.99 Å². The van der Waals surface area contributed by atoms with Gasteiger partial charge in [-0.05, 0) is 43.2 Å². The summed E-state index contributed by atoms with van der Waals surface area (Å²) in [6, 6.07) is 24.2. The van der Waals surface area contributed by atoms with Crippen molar-refractivity contribution in [1.82, 2.24) is 0 Å². The fourth-order valence-electron chi connectivity index (χ4n) is 2.98. The zero-order valence-electron chi connectivity index (χ0n) is 16.8. The van der Waals surface area contributed by atoms with E-state index in [1.165, 1.54) is 11.1 Å². The molecule has 0 saturated heterocycles. The summed E-state index contributed by atoms with van der Waals surface area (Å²) >= 11 is 6.23. The Kier molecular flexibility index (Phi) is 6.86. The largest absolute Gasteiger partial charge is 0.673 e. The van der Waals surface area contributed by atoms with Crippen LogP contribution in [0.15, 0.2) is 77.2 Å². The third-order valence-corrected chi connectivity index (χ3v) is 4.81. The lowest BCUT2D eigenvalue weighted by Gasteiger charge is -2.03. The van der Waals surface area contributed by atoms with Gasteiger partial charge in [0, 0.05) is 22.7 Å². The normalized spacial score (nSPS) is 11.9. The first-order valence-corrected chi connectivity index (χ1v) is 9.81. The number of aryl methyl sites for hydroxylation is 2. The van der Waals surface area contributed by atoms with Gasteiger partial charge < -0.3 is 21.7 Å². The first kappa shape index (κ1) is 22.6. The molecule has 0 aliphatic heterocycles. The molecule has 0 saturated carbocycles. The van der Waals surface area contributed by atoms with E-state index < -0.39 is 7.25 Å². The predicted molar refractivity (Wildman–Crippen MR) is 117 cm³/mol. The van der Waals surface area contributed by atoms with Gasteiger partial charge >= 0.3 is 7.25 Å². The fourth-order valence-corrected chi connectivity index (χ4v) is 3.15. The number of hydrogen-bond donors (Lipinski definition) is 1. The lowest BCUT2D eigenvalue weighted by atomic mass is 10.1. The summed E-state index contributed by atoms with van der Waals surface area (Å²) < 4.78 is 45.1. The maximum absolute atomic E-state index is 9.75. The molecule has 0 spiro atoms. The van der Waals surface area contributed by atoms with E-state index in [4.69, 9.17) is 16.0 Å².